The van der Waals surface area contributed by atoms with Crippen molar-refractivity contribution in [2.45, 2.75) is 0 Å². The lowest BCUT2D eigenvalue weighted by molar-refractivity contribution is 0.670. The minimum absolute atomic E-state index is 0.0263. The van der Waals surface area contributed by atoms with Crippen molar-refractivity contribution in [3.8, 4) is 44.5 Å². The Kier molecular flexibility index (Phi) is 2.58. The molecule has 0 bridgehead atoms. The minimum Gasteiger partial charge on any atom is -0.455 e. The van der Waals surface area contributed by atoms with Gasteiger partial charge in [0.25, 0.3) is 0 Å². The van der Waals surface area contributed by atoms with E-state index in [2.05, 4.69) is 0 Å². The van der Waals surface area contributed by atoms with Gasteiger partial charge in [-0.1, -0.05) is 157 Å². The van der Waals surface area contributed by atoms with E-state index in [4.69, 9.17) is 30.5 Å². The van der Waals surface area contributed by atoms with E-state index in [9.17, 15) is 6.85 Å². The van der Waals surface area contributed by atoms with Crippen molar-refractivity contribution in [3.05, 3.63) is 169 Å². The maximum absolute atomic E-state index is 9.31. The molecule has 0 aliphatic heterocycles. The Morgan fingerprint density at radius 3 is 1.58 bits per heavy atom. The molecule has 1 heteroatoms. The number of rotatable bonds is 4. The summed E-state index contributed by atoms with van der Waals surface area (Å²) in [6.07, 6.45) is 0. The summed E-state index contributed by atoms with van der Waals surface area (Å²) in [6.45, 7) is 0. The van der Waals surface area contributed by atoms with Gasteiger partial charge in [0.1, 0.15) is 11.2 Å². The molecule has 9 rings (SSSR count). The number of furan rings is 1. The van der Waals surface area contributed by atoms with Crippen LogP contribution in [0.1, 0.15) is 32.9 Å². The molecular weight excluding hydrogens is 544 g/mol. The van der Waals surface area contributed by atoms with Gasteiger partial charge in [0.05, 0.1) is 32.9 Å². The standard InChI is InChI=1S/C44H28O/c1-3-14-29(15-4-1)34-25-12-26-39-43-33(24-13-27-40(43)45-44(34)39)31-18-11-19-32(28-31)42-37-22-9-7-20-35(37)41(30-16-5-2-6-17-30)36-21-8-10-23-38(36)42/h1-28H/i1D,2D,3D,4D,5D,6D,7D,8D,9D,10D,12D,13D,14D,15D,16D,17D,20D,21D,22D,23D,24D,25D,26D,27D. The second-order valence-electron chi connectivity index (χ2n) is 9.84. The molecule has 210 valence electrons. The molecule has 0 aliphatic rings. The van der Waals surface area contributed by atoms with Crippen LogP contribution in [0.3, 0.4) is 0 Å². The van der Waals surface area contributed by atoms with Gasteiger partial charge in [-0.2, -0.15) is 0 Å². The average molecular weight is 597 g/mol. The second-order valence-corrected chi connectivity index (χ2v) is 9.84. The van der Waals surface area contributed by atoms with E-state index in [1.54, 1.807) is 0 Å². The highest BCUT2D eigenvalue weighted by Gasteiger charge is 2.19. The summed E-state index contributed by atoms with van der Waals surface area (Å²) in [4.78, 5) is 0. The van der Waals surface area contributed by atoms with Gasteiger partial charge in [-0.25, -0.2) is 0 Å². The molecule has 9 aromatic rings. The molecule has 1 aromatic heterocycles. The third kappa shape index (κ3) is 4.09. The average Bonchev–Trinajstić information content (AvgIpc) is 3.72. The lowest BCUT2D eigenvalue weighted by atomic mass is 9.85. The van der Waals surface area contributed by atoms with Gasteiger partial charge >= 0.3 is 0 Å². The van der Waals surface area contributed by atoms with E-state index < -0.39 is 200 Å². The molecule has 1 nitrogen and oxygen atoms in total. The van der Waals surface area contributed by atoms with Crippen LogP contribution in [0.2, 0.25) is 0 Å². The maximum Gasteiger partial charge on any atom is 0.143 e. The third-order valence-corrected chi connectivity index (χ3v) is 7.44. The molecule has 0 unspecified atom stereocenters. The van der Waals surface area contributed by atoms with Crippen LogP contribution in [0.5, 0.6) is 0 Å². The van der Waals surface area contributed by atoms with E-state index in [0.717, 1.165) is 0 Å². The first-order chi connectivity index (χ1) is 32.3. The van der Waals surface area contributed by atoms with E-state index in [1.165, 1.54) is 24.3 Å². The summed E-state index contributed by atoms with van der Waals surface area (Å²) in [7, 11) is 0. The van der Waals surface area contributed by atoms with E-state index >= 15 is 0 Å². The molecule has 8 aromatic carbocycles. The molecule has 0 amide bonds. The largest absolute Gasteiger partial charge is 0.455 e. The van der Waals surface area contributed by atoms with Crippen LogP contribution < -0.4 is 0 Å². The minimum atomic E-state index is -0.838. The summed E-state index contributed by atoms with van der Waals surface area (Å²) in [6, 6.07) is -13.1. The number of hydrogen-bond acceptors (Lipinski definition) is 1. The molecule has 0 aliphatic carbocycles. The van der Waals surface area contributed by atoms with Crippen LogP contribution in [-0.2, 0) is 0 Å². The molecule has 0 radical (unpaired) electrons. The zero-order valence-electron chi connectivity index (χ0n) is 46.7. The van der Waals surface area contributed by atoms with Crippen molar-refractivity contribution in [1.29, 1.82) is 0 Å². The Morgan fingerprint density at radius 1 is 0.400 bits per heavy atom. The molecule has 0 saturated heterocycles. The van der Waals surface area contributed by atoms with Crippen molar-refractivity contribution in [3.63, 3.8) is 0 Å². The number of hydrogen-bond donors (Lipinski definition) is 0. The van der Waals surface area contributed by atoms with Crippen LogP contribution in [0.15, 0.2) is 174 Å². The first-order valence-electron chi connectivity index (χ1n) is 25.5. The lowest BCUT2D eigenvalue weighted by Crippen LogP contribution is -1.91. The van der Waals surface area contributed by atoms with Crippen LogP contribution in [-0.4, -0.2) is 0 Å². The fourth-order valence-electron chi connectivity index (χ4n) is 5.62. The molecular formula is C44H28O. The van der Waals surface area contributed by atoms with Gasteiger partial charge in [0.15, 0.2) is 0 Å². The fraction of sp³-hybridized carbons (Fsp3) is 0. The quantitative estimate of drug-likeness (QED) is 0.184. The highest BCUT2D eigenvalue weighted by atomic mass is 16.3. The first-order valence-corrected chi connectivity index (χ1v) is 13.5. The second kappa shape index (κ2) is 10.4. The summed E-state index contributed by atoms with van der Waals surface area (Å²) in [5, 5.41) is -2.32. The first kappa shape index (κ1) is 11.2. The molecule has 0 spiro atoms. The van der Waals surface area contributed by atoms with Gasteiger partial charge in [0, 0.05) is 16.3 Å². The Bertz CT molecular complexity index is 3750. The van der Waals surface area contributed by atoms with Gasteiger partial charge < -0.3 is 4.42 Å². The summed E-state index contributed by atoms with van der Waals surface area (Å²) < 4.78 is 217. The number of benzene rings is 8. The molecule has 0 fully saturated rings. The summed E-state index contributed by atoms with van der Waals surface area (Å²) >= 11 is 0. The van der Waals surface area contributed by atoms with E-state index in [-0.39, 0.29) is 33.0 Å². The fourth-order valence-corrected chi connectivity index (χ4v) is 5.62. The van der Waals surface area contributed by atoms with Crippen molar-refractivity contribution in [1.82, 2.24) is 0 Å². The summed E-state index contributed by atoms with van der Waals surface area (Å²) in [5.41, 5.74) is -3.68. The molecule has 1 heterocycles. The summed E-state index contributed by atoms with van der Waals surface area (Å²) in [5.74, 6) is 0. The van der Waals surface area contributed by atoms with Crippen molar-refractivity contribution >= 4 is 43.5 Å². The molecule has 0 saturated carbocycles. The topological polar surface area (TPSA) is 13.1 Å². The Balaban J connectivity index is 1.49. The highest BCUT2D eigenvalue weighted by Crippen LogP contribution is 2.45. The SMILES string of the molecule is [2H]c1c([2H])c([2H])c(-c2c([2H])c([2H])c([2H])c3c2oc2c([2H])c([2H])c([2H])c(-c4cccc(-c5c6c([2H])c([2H])c([2H])c([2H])c6c(-c6c([2H])c([2H])c([2H])c([2H])c6[2H])c6c([2H])c([2H])c([2H])c([2H])c56)c4)c23)c([2H])c1[2H]. The van der Waals surface area contributed by atoms with Crippen LogP contribution in [0.4, 0.5) is 0 Å². The highest BCUT2D eigenvalue weighted by molar-refractivity contribution is 6.22. The molecule has 45 heavy (non-hydrogen) atoms. The normalized spacial score (nSPS) is 19.0. The van der Waals surface area contributed by atoms with Gasteiger partial charge in [-0.3, -0.25) is 0 Å². The van der Waals surface area contributed by atoms with Crippen molar-refractivity contribution < 1.29 is 37.3 Å². The van der Waals surface area contributed by atoms with Crippen molar-refractivity contribution in [2.75, 3.05) is 0 Å². The molecule has 0 N–H and O–H groups in total. The maximum atomic E-state index is 9.31. The number of fused-ring (bicyclic) bond motifs is 5. The molecule has 0 atom stereocenters. The van der Waals surface area contributed by atoms with Crippen LogP contribution in [0.25, 0.3) is 88.0 Å². The third-order valence-electron chi connectivity index (χ3n) is 7.44. The van der Waals surface area contributed by atoms with Gasteiger partial charge in [0.2, 0.25) is 0 Å². The van der Waals surface area contributed by atoms with Crippen molar-refractivity contribution in [2.24, 2.45) is 0 Å². The van der Waals surface area contributed by atoms with Crippen LogP contribution >= 0.6 is 0 Å². The zero-order valence-corrected chi connectivity index (χ0v) is 22.7. The lowest BCUT2D eigenvalue weighted by Gasteiger charge is -2.18. The predicted octanol–water partition coefficient (Wildman–Crippen LogP) is 12.6. The smallest absolute Gasteiger partial charge is 0.143 e. The predicted molar refractivity (Wildman–Crippen MR) is 190 cm³/mol. The van der Waals surface area contributed by atoms with E-state index in [0.29, 0.717) is 0 Å². The van der Waals surface area contributed by atoms with Gasteiger partial charge in [-0.05, 0) is 72.6 Å². The van der Waals surface area contributed by atoms with Gasteiger partial charge in [-0.15, -0.1) is 0 Å². The van der Waals surface area contributed by atoms with Crippen LogP contribution in [0, 0.1) is 0 Å². The van der Waals surface area contributed by atoms with E-state index in [1.807, 2.05) is 0 Å². The number of para-hydroxylation sites is 1. The Labute approximate surface area is 295 Å². The Hall–Kier alpha value is -5.92. The zero-order chi connectivity index (χ0) is 50.6. The monoisotopic (exact) mass is 596 g/mol. The Morgan fingerprint density at radius 2 is 0.911 bits per heavy atom.